The Labute approximate surface area is 158 Å². The number of likely N-dealkylation sites (tertiary alicyclic amines) is 1. The predicted molar refractivity (Wildman–Crippen MR) is 104 cm³/mol. The number of piperidine rings is 1. The minimum atomic E-state index is -0.0678. The van der Waals surface area contributed by atoms with Crippen LogP contribution in [0.1, 0.15) is 30.1 Å². The molecule has 0 aliphatic carbocycles. The van der Waals surface area contributed by atoms with Gasteiger partial charge in [-0.1, -0.05) is 15.9 Å². The van der Waals surface area contributed by atoms with Crippen LogP contribution in [0.4, 0.5) is 0 Å². The first kappa shape index (κ1) is 19.7. The molecule has 0 aromatic heterocycles. The summed E-state index contributed by atoms with van der Waals surface area (Å²) in [4.78, 5) is 18.6. The highest BCUT2D eigenvalue weighted by atomic mass is 79.9. The van der Waals surface area contributed by atoms with Gasteiger partial charge in [0, 0.05) is 49.9 Å². The topological polar surface area (TPSA) is 66.0 Å². The molecule has 1 fully saturated rings. The molecule has 2 rings (SSSR count). The number of carbonyl (C=O) groups is 1. The largest absolute Gasteiger partial charge is 0.378 e. The van der Waals surface area contributed by atoms with Crippen LogP contribution >= 0.6 is 15.9 Å². The van der Waals surface area contributed by atoms with Crippen molar-refractivity contribution < 1.29 is 9.53 Å². The first-order chi connectivity index (χ1) is 12.1. The molecule has 138 valence electrons. The lowest BCUT2D eigenvalue weighted by Gasteiger charge is -2.34. The number of carbonyl (C=O) groups excluding carboxylic acids is 1. The molecule has 1 aliphatic heterocycles. The quantitative estimate of drug-likeness (QED) is 0.428. The van der Waals surface area contributed by atoms with Crippen molar-refractivity contribution in [1.29, 1.82) is 0 Å². The standard InChI is InChI=1S/C18H27BrN4O2/c1-3-25-16-8-12-23(13-9-16)18(20-2)22-11-10-21-17(24)14-4-6-15(19)7-5-14/h4-7,16H,3,8-13H2,1-2H3,(H,20,22)(H,21,24). The van der Waals surface area contributed by atoms with Crippen molar-refractivity contribution in [2.24, 2.45) is 4.99 Å². The van der Waals surface area contributed by atoms with E-state index in [0.717, 1.165) is 43.0 Å². The zero-order valence-electron chi connectivity index (χ0n) is 14.9. The van der Waals surface area contributed by atoms with Gasteiger partial charge in [0.2, 0.25) is 0 Å². The van der Waals surface area contributed by atoms with E-state index < -0.39 is 0 Å². The summed E-state index contributed by atoms with van der Waals surface area (Å²) >= 11 is 3.36. The molecule has 0 saturated carbocycles. The first-order valence-corrected chi connectivity index (χ1v) is 9.54. The summed E-state index contributed by atoms with van der Waals surface area (Å²) in [6, 6.07) is 7.32. The second-order valence-electron chi connectivity index (χ2n) is 5.88. The Morgan fingerprint density at radius 3 is 2.48 bits per heavy atom. The Balaban J connectivity index is 1.69. The molecule has 1 heterocycles. The van der Waals surface area contributed by atoms with Gasteiger partial charge < -0.3 is 20.3 Å². The smallest absolute Gasteiger partial charge is 0.251 e. The van der Waals surface area contributed by atoms with Gasteiger partial charge in [-0.05, 0) is 44.0 Å². The van der Waals surface area contributed by atoms with E-state index in [1.165, 1.54) is 0 Å². The fourth-order valence-corrected chi connectivity index (χ4v) is 3.12. The van der Waals surface area contributed by atoms with Crippen molar-refractivity contribution >= 4 is 27.8 Å². The Hall–Kier alpha value is -1.60. The van der Waals surface area contributed by atoms with E-state index >= 15 is 0 Å². The third kappa shape index (κ3) is 6.32. The third-order valence-corrected chi connectivity index (χ3v) is 4.68. The summed E-state index contributed by atoms with van der Waals surface area (Å²) < 4.78 is 6.64. The molecule has 0 spiro atoms. The van der Waals surface area contributed by atoms with Gasteiger partial charge in [0.25, 0.3) is 5.91 Å². The summed E-state index contributed by atoms with van der Waals surface area (Å²) in [7, 11) is 1.79. The van der Waals surface area contributed by atoms with Crippen molar-refractivity contribution in [2.75, 3.05) is 39.8 Å². The first-order valence-electron chi connectivity index (χ1n) is 8.75. The molecule has 1 aliphatic rings. The van der Waals surface area contributed by atoms with Crippen LogP contribution in [0.3, 0.4) is 0 Å². The predicted octanol–water partition coefficient (Wildman–Crippen LogP) is 2.26. The van der Waals surface area contributed by atoms with E-state index in [9.17, 15) is 4.79 Å². The molecule has 1 aromatic carbocycles. The zero-order chi connectivity index (χ0) is 18.1. The van der Waals surface area contributed by atoms with Crippen LogP contribution in [0.25, 0.3) is 0 Å². The fraction of sp³-hybridized carbons (Fsp3) is 0.556. The molecule has 2 N–H and O–H groups in total. The second kappa shape index (κ2) is 10.4. The highest BCUT2D eigenvalue weighted by Crippen LogP contribution is 2.13. The van der Waals surface area contributed by atoms with E-state index in [1.54, 1.807) is 19.2 Å². The summed E-state index contributed by atoms with van der Waals surface area (Å²) in [5.74, 6) is 0.814. The molecule has 1 aromatic rings. The number of aliphatic imine (C=N–C) groups is 1. The molecule has 0 bridgehead atoms. The minimum absolute atomic E-state index is 0.0678. The molecule has 0 unspecified atom stereocenters. The van der Waals surface area contributed by atoms with Crippen LogP contribution in [0.5, 0.6) is 0 Å². The zero-order valence-corrected chi connectivity index (χ0v) is 16.5. The van der Waals surface area contributed by atoms with Crippen LogP contribution < -0.4 is 10.6 Å². The summed E-state index contributed by atoms with van der Waals surface area (Å²) in [6.07, 6.45) is 2.41. The Kier molecular flexibility index (Phi) is 8.21. The van der Waals surface area contributed by atoms with Crippen LogP contribution in [0.2, 0.25) is 0 Å². The molecule has 0 atom stereocenters. The van der Waals surface area contributed by atoms with Crippen molar-refractivity contribution in [3.05, 3.63) is 34.3 Å². The van der Waals surface area contributed by atoms with Crippen LogP contribution in [-0.2, 0) is 4.74 Å². The molecular weight excluding hydrogens is 384 g/mol. The van der Waals surface area contributed by atoms with Gasteiger partial charge in [-0.25, -0.2) is 0 Å². The van der Waals surface area contributed by atoms with Gasteiger partial charge in [0.05, 0.1) is 6.10 Å². The van der Waals surface area contributed by atoms with E-state index in [1.807, 2.05) is 19.1 Å². The molecule has 6 nitrogen and oxygen atoms in total. The number of hydrogen-bond acceptors (Lipinski definition) is 3. The lowest BCUT2D eigenvalue weighted by Crippen LogP contribution is -2.48. The highest BCUT2D eigenvalue weighted by molar-refractivity contribution is 9.10. The number of halogens is 1. The lowest BCUT2D eigenvalue weighted by atomic mass is 10.1. The van der Waals surface area contributed by atoms with Crippen LogP contribution in [0.15, 0.2) is 33.7 Å². The second-order valence-corrected chi connectivity index (χ2v) is 6.79. The Morgan fingerprint density at radius 1 is 1.24 bits per heavy atom. The summed E-state index contributed by atoms with van der Waals surface area (Å²) in [6.45, 7) is 5.87. The lowest BCUT2D eigenvalue weighted by molar-refractivity contribution is 0.0264. The maximum absolute atomic E-state index is 12.1. The maximum atomic E-state index is 12.1. The maximum Gasteiger partial charge on any atom is 0.251 e. The Bertz CT molecular complexity index is 569. The van der Waals surface area contributed by atoms with Gasteiger partial charge in [-0.2, -0.15) is 0 Å². The van der Waals surface area contributed by atoms with Gasteiger partial charge in [0.15, 0.2) is 5.96 Å². The van der Waals surface area contributed by atoms with Crippen molar-refractivity contribution in [1.82, 2.24) is 15.5 Å². The van der Waals surface area contributed by atoms with Crippen molar-refractivity contribution in [3.63, 3.8) is 0 Å². The van der Waals surface area contributed by atoms with E-state index in [2.05, 4.69) is 36.5 Å². The average molecular weight is 411 g/mol. The average Bonchev–Trinajstić information content (AvgIpc) is 2.63. The van der Waals surface area contributed by atoms with Crippen molar-refractivity contribution in [3.8, 4) is 0 Å². The number of amides is 1. The van der Waals surface area contributed by atoms with Gasteiger partial charge in [0.1, 0.15) is 0 Å². The molecule has 1 saturated heterocycles. The van der Waals surface area contributed by atoms with Gasteiger partial charge in [-0.15, -0.1) is 0 Å². The third-order valence-electron chi connectivity index (χ3n) is 4.16. The Morgan fingerprint density at radius 2 is 1.88 bits per heavy atom. The number of nitrogens with zero attached hydrogens (tertiary/aromatic N) is 2. The number of hydrogen-bond donors (Lipinski definition) is 2. The molecule has 25 heavy (non-hydrogen) atoms. The van der Waals surface area contributed by atoms with Crippen LogP contribution in [0, 0.1) is 0 Å². The van der Waals surface area contributed by atoms with Gasteiger partial charge >= 0.3 is 0 Å². The molecular formula is C18H27BrN4O2. The summed E-state index contributed by atoms with van der Waals surface area (Å²) in [5, 5.41) is 6.23. The van der Waals surface area contributed by atoms with Gasteiger partial charge in [-0.3, -0.25) is 9.79 Å². The normalized spacial score (nSPS) is 16.0. The highest BCUT2D eigenvalue weighted by Gasteiger charge is 2.21. The number of guanidine groups is 1. The number of rotatable bonds is 6. The molecule has 1 amide bonds. The van der Waals surface area contributed by atoms with E-state index in [-0.39, 0.29) is 5.91 Å². The minimum Gasteiger partial charge on any atom is -0.378 e. The molecule has 0 radical (unpaired) electrons. The van der Waals surface area contributed by atoms with Crippen LogP contribution in [-0.4, -0.2) is 62.7 Å². The molecule has 7 heteroatoms. The number of ether oxygens (including phenoxy) is 1. The van der Waals surface area contributed by atoms with E-state index in [4.69, 9.17) is 4.74 Å². The summed E-state index contributed by atoms with van der Waals surface area (Å²) in [5.41, 5.74) is 0.658. The number of nitrogens with one attached hydrogen (secondary N) is 2. The SMILES string of the molecule is CCOC1CCN(C(=NC)NCCNC(=O)c2ccc(Br)cc2)CC1. The fourth-order valence-electron chi connectivity index (χ4n) is 2.86. The van der Waals surface area contributed by atoms with Crippen molar-refractivity contribution in [2.45, 2.75) is 25.9 Å². The monoisotopic (exact) mass is 410 g/mol. The number of benzene rings is 1. The van der Waals surface area contributed by atoms with E-state index in [0.29, 0.717) is 24.8 Å².